The lowest BCUT2D eigenvalue weighted by atomic mass is 10.1. The van der Waals surface area contributed by atoms with Crippen LogP contribution in [0.1, 0.15) is 55.2 Å². The molecule has 7 nitrogen and oxygen atoms in total. The lowest BCUT2D eigenvalue weighted by molar-refractivity contribution is -0.153. The van der Waals surface area contributed by atoms with Crippen LogP contribution in [0.5, 0.6) is 0 Å². The number of fused-ring (bicyclic) bond motifs is 1. The Morgan fingerprint density at radius 2 is 1.55 bits per heavy atom. The molecule has 1 heterocycles. The molecule has 4 rings (SSSR count). The van der Waals surface area contributed by atoms with Gasteiger partial charge in [-0.05, 0) is 44.2 Å². The summed E-state index contributed by atoms with van der Waals surface area (Å²) in [5.74, 6) is -2.50. The molecule has 3 aromatic rings. The van der Waals surface area contributed by atoms with E-state index in [0.29, 0.717) is 11.3 Å². The van der Waals surface area contributed by atoms with Gasteiger partial charge in [-0.25, -0.2) is 14.5 Å². The Bertz CT molecular complexity index is 1230. The van der Waals surface area contributed by atoms with Crippen molar-refractivity contribution in [2.75, 3.05) is 11.5 Å². The number of anilines is 1. The van der Waals surface area contributed by atoms with Crippen LogP contribution in [0.4, 0.5) is 5.69 Å². The predicted molar refractivity (Wildman–Crippen MR) is 120 cm³/mol. The van der Waals surface area contributed by atoms with E-state index < -0.39 is 29.9 Å². The van der Waals surface area contributed by atoms with Crippen LogP contribution in [-0.4, -0.2) is 30.4 Å². The maximum absolute atomic E-state index is 13.0. The molecule has 0 aromatic heterocycles. The average Bonchev–Trinajstić information content (AvgIpc) is 3.08. The van der Waals surface area contributed by atoms with E-state index in [1.165, 1.54) is 18.2 Å². The van der Waals surface area contributed by atoms with Gasteiger partial charge in [0, 0.05) is 5.56 Å². The van der Waals surface area contributed by atoms with E-state index in [2.05, 4.69) is 0 Å². The highest BCUT2D eigenvalue weighted by atomic mass is 16.6. The van der Waals surface area contributed by atoms with Crippen LogP contribution in [0, 0.1) is 6.92 Å². The molecule has 1 aliphatic heterocycles. The molecule has 0 unspecified atom stereocenters. The van der Waals surface area contributed by atoms with Crippen molar-refractivity contribution in [3.63, 3.8) is 0 Å². The molecule has 3 aromatic carbocycles. The summed E-state index contributed by atoms with van der Waals surface area (Å²) in [6, 6.07) is 19.6. The Hall–Kier alpha value is -4.26. The summed E-state index contributed by atoms with van der Waals surface area (Å²) in [5.41, 5.74) is 2.25. The summed E-state index contributed by atoms with van der Waals surface area (Å²) < 4.78 is 10.5. The van der Waals surface area contributed by atoms with Gasteiger partial charge in [0.1, 0.15) is 0 Å². The highest BCUT2D eigenvalue weighted by Crippen LogP contribution is 2.30. The third-order valence-corrected chi connectivity index (χ3v) is 5.24. The fourth-order valence-corrected chi connectivity index (χ4v) is 3.57. The third-order valence-electron chi connectivity index (χ3n) is 5.24. The van der Waals surface area contributed by atoms with Crippen molar-refractivity contribution in [3.8, 4) is 0 Å². The van der Waals surface area contributed by atoms with Crippen molar-refractivity contribution in [2.24, 2.45) is 0 Å². The minimum Gasteiger partial charge on any atom is -0.463 e. The number of aryl methyl sites for hydroxylation is 1. The van der Waals surface area contributed by atoms with Gasteiger partial charge in [-0.1, -0.05) is 48.0 Å². The first-order valence-corrected chi connectivity index (χ1v) is 10.4. The number of imide groups is 1. The van der Waals surface area contributed by atoms with Gasteiger partial charge in [-0.2, -0.15) is 0 Å². The van der Waals surface area contributed by atoms with Crippen molar-refractivity contribution < 1.29 is 28.7 Å². The van der Waals surface area contributed by atoms with Gasteiger partial charge in [0.25, 0.3) is 11.8 Å². The summed E-state index contributed by atoms with van der Waals surface area (Å²) in [6.45, 7) is 3.69. The van der Waals surface area contributed by atoms with E-state index in [4.69, 9.17) is 9.47 Å². The fourth-order valence-electron chi connectivity index (χ4n) is 3.57. The molecular formula is C26H21NO6. The molecule has 33 heavy (non-hydrogen) atoms. The Balaban J connectivity index is 1.61. The fraction of sp³-hybridized carbons (Fsp3) is 0.154. The number of rotatable bonds is 6. The smallest absolute Gasteiger partial charge is 0.352 e. The molecule has 0 fully saturated rings. The third kappa shape index (κ3) is 4.25. The van der Waals surface area contributed by atoms with Crippen molar-refractivity contribution in [1.82, 2.24) is 0 Å². The molecule has 0 bridgehead atoms. The SMILES string of the molecule is CCOC(=O)[C@H](OC(=O)c1ccc2c(c1)C(=O)N(c1ccc(C)cc1)C2=O)c1ccccc1. The van der Waals surface area contributed by atoms with E-state index in [-0.39, 0.29) is 23.3 Å². The van der Waals surface area contributed by atoms with Crippen LogP contribution in [-0.2, 0) is 14.3 Å². The average molecular weight is 443 g/mol. The molecule has 0 spiro atoms. The summed E-state index contributed by atoms with van der Waals surface area (Å²) >= 11 is 0. The highest BCUT2D eigenvalue weighted by molar-refractivity contribution is 6.34. The van der Waals surface area contributed by atoms with E-state index >= 15 is 0 Å². The number of carbonyl (C=O) groups is 4. The first kappa shape index (κ1) is 22.0. The molecule has 7 heteroatoms. The molecule has 1 aliphatic rings. The number of nitrogens with zero attached hydrogens (tertiary/aromatic N) is 1. The summed E-state index contributed by atoms with van der Waals surface area (Å²) in [7, 11) is 0. The second-order valence-electron chi connectivity index (χ2n) is 7.49. The van der Waals surface area contributed by atoms with Crippen LogP contribution < -0.4 is 4.90 Å². The second-order valence-corrected chi connectivity index (χ2v) is 7.49. The number of amides is 2. The molecule has 2 amide bonds. The van der Waals surface area contributed by atoms with Crippen molar-refractivity contribution >= 4 is 29.4 Å². The minimum atomic E-state index is -1.26. The molecule has 0 N–H and O–H groups in total. The Morgan fingerprint density at radius 1 is 0.879 bits per heavy atom. The van der Waals surface area contributed by atoms with Crippen LogP contribution in [0.2, 0.25) is 0 Å². The Kier molecular flexibility index (Phi) is 6.04. The highest BCUT2D eigenvalue weighted by Gasteiger charge is 2.37. The van der Waals surface area contributed by atoms with Gasteiger partial charge in [0.15, 0.2) is 0 Å². The van der Waals surface area contributed by atoms with E-state index in [0.717, 1.165) is 10.5 Å². The monoisotopic (exact) mass is 443 g/mol. The normalized spacial score (nSPS) is 13.5. The minimum absolute atomic E-state index is 0.0471. The molecule has 0 saturated carbocycles. The van der Waals surface area contributed by atoms with Crippen molar-refractivity contribution in [2.45, 2.75) is 20.0 Å². The number of hydrogen-bond donors (Lipinski definition) is 0. The summed E-state index contributed by atoms with van der Waals surface area (Å²) in [4.78, 5) is 52.2. The van der Waals surface area contributed by atoms with Gasteiger partial charge in [0.2, 0.25) is 6.10 Å². The maximum Gasteiger partial charge on any atom is 0.352 e. The predicted octanol–water partition coefficient (Wildman–Crippen LogP) is 4.26. The van der Waals surface area contributed by atoms with Gasteiger partial charge >= 0.3 is 11.9 Å². The number of ether oxygens (including phenoxy) is 2. The number of carbonyl (C=O) groups excluding carboxylic acids is 4. The number of hydrogen-bond acceptors (Lipinski definition) is 6. The zero-order chi connectivity index (χ0) is 23.5. The zero-order valence-corrected chi connectivity index (χ0v) is 18.1. The van der Waals surface area contributed by atoms with Crippen LogP contribution in [0.25, 0.3) is 0 Å². The zero-order valence-electron chi connectivity index (χ0n) is 18.1. The summed E-state index contributed by atoms with van der Waals surface area (Å²) in [5, 5.41) is 0. The first-order chi connectivity index (χ1) is 15.9. The van der Waals surface area contributed by atoms with E-state index in [1.54, 1.807) is 61.5 Å². The Morgan fingerprint density at radius 3 is 2.21 bits per heavy atom. The van der Waals surface area contributed by atoms with Crippen LogP contribution >= 0.6 is 0 Å². The van der Waals surface area contributed by atoms with Crippen molar-refractivity contribution in [3.05, 3.63) is 101 Å². The largest absolute Gasteiger partial charge is 0.463 e. The van der Waals surface area contributed by atoms with Crippen molar-refractivity contribution in [1.29, 1.82) is 0 Å². The summed E-state index contributed by atoms with van der Waals surface area (Å²) in [6.07, 6.45) is -1.26. The standard InChI is InChI=1S/C26H21NO6/c1-3-32-26(31)22(17-7-5-4-6-8-17)33-25(30)18-11-14-20-21(15-18)24(29)27(23(20)28)19-12-9-16(2)10-13-19/h4-15,22H,3H2,1-2H3/t22-/m1/s1. The van der Waals surface area contributed by atoms with Gasteiger partial charge in [0.05, 0.1) is 29.0 Å². The van der Waals surface area contributed by atoms with Gasteiger partial charge in [-0.3, -0.25) is 9.59 Å². The number of esters is 2. The molecule has 166 valence electrons. The first-order valence-electron chi connectivity index (χ1n) is 10.4. The van der Waals surface area contributed by atoms with Gasteiger partial charge < -0.3 is 9.47 Å². The molecule has 0 radical (unpaired) electrons. The number of benzene rings is 3. The Labute approximate surface area is 190 Å². The van der Waals surface area contributed by atoms with Gasteiger partial charge in [-0.15, -0.1) is 0 Å². The maximum atomic E-state index is 13.0. The van der Waals surface area contributed by atoms with E-state index in [1.807, 2.05) is 6.92 Å². The lowest BCUT2D eigenvalue weighted by Gasteiger charge is -2.17. The van der Waals surface area contributed by atoms with Crippen LogP contribution in [0.3, 0.4) is 0 Å². The lowest BCUT2D eigenvalue weighted by Crippen LogP contribution is -2.29. The molecular weight excluding hydrogens is 422 g/mol. The molecule has 0 saturated heterocycles. The quantitative estimate of drug-likeness (QED) is 0.418. The topological polar surface area (TPSA) is 90.0 Å². The van der Waals surface area contributed by atoms with E-state index in [9.17, 15) is 19.2 Å². The molecule has 0 aliphatic carbocycles. The molecule has 1 atom stereocenters. The second kappa shape index (κ2) is 9.08. The van der Waals surface area contributed by atoms with Crippen LogP contribution in [0.15, 0.2) is 72.8 Å².